The van der Waals surface area contributed by atoms with E-state index < -0.39 is 0 Å². The molecule has 6 nitrogen and oxygen atoms in total. The van der Waals surface area contributed by atoms with Crippen molar-refractivity contribution in [3.8, 4) is 0 Å². The van der Waals surface area contributed by atoms with E-state index in [-0.39, 0.29) is 6.23 Å². The predicted octanol–water partition coefficient (Wildman–Crippen LogP) is 3.14. The van der Waals surface area contributed by atoms with Crippen LogP contribution in [-0.4, -0.2) is 41.7 Å². The lowest BCUT2D eigenvalue weighted by atomic mass is 9.98. The van der Waals surface area contributed by atoms with Gasteiger partial charge in [-0.2, -0.15) is 0 Å². The minimum absolute atomic E-state index is 0.0523. The fourth-order valence-corrected chi connectivity index (χ4v) is 3.99. The van der Waals surface area contributed by atoms with E-state index in [0.29, 0.717) is 0 Å². The topological polar surface area (TPSA) is 75.0 Å². The molecule has 0 radical (unpaired) electrons. The highest BCUT2D eigenvalue weighted by Gasteiger charge is 2.15. The lowest BCUT2D eigenvalue weighted by Gasteiger charge is -2.23. The Labute approximate surface area is 160 Å². The molecule has 144 valence electrons. The van der Waals surface area contributed by atoms with E-state index in [2.05, 4.69) is 33.5 Å². The molecule has 2 aromatic rings. The van der Waals surface area contributed by atoms with Crippen LogP contribution in [0, 0.1) is 11.3 Å². The summed E-state index contributed by atoms with van der Waals surface area (Å²) >= 11 is 0. The standard InChI is InChI=1S/C21H29N5O/c22-12-19(14-24-20-3-1-2-10-27-20)18-11-17-6-9-26(21(17)25-13-18)15-16-4-7-23-8-5-16/h6,9,11-14,16,20,22-24H,1-5,7-8,10,15H2/b19-14+,22-12?. The number of allylic oxidation sites excluding steroid dienone is 1. The summed E-state index contributed by atoms with van der Waals surface area (Å²) in [5, 5.41) is 15.6. The minimum atomic E-state index is 0.0523. The maximum atomic E-state index is 7.78. The number of pyridine rings is 1. The normalized spacial score (nSPS) is 22.1. The van der Waals surface area contributed by atoms with Gasteiger partial charge in [-0.25, -0.2) is 4.98 Å². The summed E-state index contributed by atoms with van der Waals surface area (Å²) in [6, 6.07) is 4.26. The molecular formula is C21H29N5O. The van der Waals surface area contributed by atoms with Crippen molar-refractivity contribution < 1.29 is 4.74 Å². The Balaban J connectivity index is 1.49. The quantitative estimate of drug-likeness (QED) is 0.686. The average molecular weight is 367 g/mol. The van der Waals surface area contributed by atoms with Crippen LogP contribution in [0.1, 0.15) is 37.7 Å². The molecule has 0 saturated carbocycles. The molecule has 1 atom stereocenters. The molecule has 3 N–H and O–H groups in total. The molecule has 2 saturated heterocycles. The van der Waals surface area contributed by atoms with Crippen molar-refractivity contribution in [2.24, 2.45) is 5.92 Å². The number of piperidine rings is 1. The van der Waals surface area contributed by atoms with Gasteiger partial charge in [0.25, 0.3) is 0 Å². The van der Waals surface area contributed by atoms with Crippen LogP contribution in [0.15, 0.2) is 30.7 Å². The third kappa shape index (κ3) is 4.39. The molecule has 1 unspecified atom stereocenters. The van der Waals surface area contributed by atoms with E-state index >= 15 is 0 Å². The maximum absolute atomic E-state index is 7.78. The maximum Gasteiger partial charge on any atom is 0.139 e. The summed E-state index contributed by atoms with van der Waals surface area (Å²) in [5.41, 5.74) is 2.82. The van der Waals surface area contributed by atoms with E-state index in [1.807, 2.05) is 12.4 Å². The first-order valence-electron chi connectivity index (χ1n) is 10.1. The number of ether oxygens (including phenoxy) is 1. The number of aromatic nitrogens is 2. The van der Waals surface area contributed by atoms with Gasteiger partial charge in [0, 0.05) is 54.5 Å². The van der Waals surface area contributed by atoms with E-state index in [1.165, 1.54) is 25.5 Å². The number of fused-ring (bicyclic) bond motifs is 1. The first kappa shape index (κ1) is 18.2. The van der Waals surface area contributed by atoms with Gasteiger partial charge in [-0.15, -0.1) is 0 Å². The van der Waals surface area contributed by atoms with Crippen LogP contribution in [0.3, 0.4) is 0 Å². The summed E-state index contributed by atoms with van der Waals surface area (Å²) < 4.78 is 7.98. The zero-order chi connectivity index (χ0) is 18.5. The molecule has 0 spiro atoms. The van der Waals surface area contributed by atoms with Crippen molar-refractivity contribution >= 4 is 22.8 Å². The second-order valence-electron chi connectivity index (χ2n) is 7.56. The second kappa shape index (κ2) is 8.67. The SMILES string of the molecule is N=C/C(=C\NC1CCCCO1)c1cnc2c(ccn2CC2CCNCC2)c1. The minimum Gasteiger partial charge on any atom is -0.366 e. The van der Waals surface area contributed by atoms with Crippen LogP contribution in [0.2, 0.25) is 0 Å². The zero-order valence-electron chi connectivity index (χ0n) is 15.8. The van der Waals surface area contributed by atoms with E-state index in [4.69, 9.17) is 15.1 Å². The molecule has 2 aliphatic rings. The monoisotopic (exact) mass is 367 g/mol. The number of nitrogens with zero attached hydrogens (tertiary/aromatic N) is 2. The Bertz CT molecular complexity index is 800. The van der Waals surface area contributed by atoms with Gasteiger partial charge in [0.05, 0.1) is 0 Å². The first-order chi connectivity index (χ1) is 13.3. The van der Waals surface area contributed by atoms with Crippen LogP contribution < -0.4 is 10.6 Å². The van der Waals surface area contributed by atoms with Gasteiger partial charge in [-0.05, 0) is 63.2 Å². The van der Waals surface area contributed by atoms with Gasteiger partial charge in [-0.3, -0.25) is 0 Å². The van der Waals surface area contributed by atoms with Crippen LogP contribution in [-0.2, 0) is 11.3 Å². The van der Waals surface area contributed by atoms with Gasteiger partial charge >= 0.3 is 0 Å². The number of hydrogen-bond donors (Lipinski definition) is 3. The smallest absolute Gasteiger partial charge is 0.139 e. The third-order valence-electron chi connectivity index (χ3n) is 5.61. The lowest BCUT2D eigenvalue weighted by molar-refractivity contribution is 0.00348. The second-order valence-corrected chi connectivity index (χ2v) is 7.56. The highest BCUT2D eigenvalue weighted by molar-refractivity contribution is 6.08. The fraction of sp³-hybridized carbons (Fsp3) is 0.524. The van der Waals surface area contributed by atoms with Gasteiger partial charge in [0.1, 0.15) is 11.9 Å². The third-order valence-corrected chi connectivity index (χ3v) is 5.61. The van der Waals surface area contributed by atoms with Crippen molar-refractivity contribution in [2.75, 3.05) is 19.7 Å². The van der Waals surface area contributed by atoms with Gasteiger partial charge in [0.15, 0.2) is 0 Å². The summed E-state index contributed by atoms with van der Waals surface area (Å²) in [6.45, 7) is 4.08. The highest BCUT2D eigenvalue weighted by Crippen LogP contribution is 2.22. The Kier molecular flexibility index (Phi) is 5.84. The molecule has 6 heteroatoms. The van der Waals surface area contributed by atoms with Crippen LogP contribution in [0.4, 0.5) is 0 Å². The van der Waals surface area contributed by atoms with Crippen molar-refractivity contribution in [1.82, 2.24) is 20.2 Å². The van der Waals surface area contributed by atoms with E-state index in [0.717, 1.165) is 67.2 Å². The molecule has 4 rings (SSSR count). The van der Waals surface area contributed by atoms with Gasteiger partial charge in [0.2, 0.25) is 0 Å². The van der Waals surface area contributed by atoms with Crippen molar-refractivity contribution in [1.29, 1.82) is 5.41 Å². The molecule has 0 amide bonds. The Morgan fingerprint density at radius 2 is 2.22 bits per heavy atom. The molecule has 2 aliphatic heterocycles. The largest absolute Gasteiger partial charge is 0.366 e. The summed E-state index contributed by atoms with van der Waals surface area (Å²) in [6.07, 6.45) is 13.1. The average Bonchev–Trinajstić information content (AvgIpc) is 3.12. The molecule has 0 aromatic carbocycles. The van der Waals surface area contributed by atoms with Crippen LogP contribution >= 0.6 is 0 Å². The van der Waals surface area contributed by atoms with Crippen molar-refractivity contribution in [3.05, 3.63) is 36.3 Å². The Hall–Kier alpha value is -2.18. The molecule has 2 fully saturated rings. The van der Waals surface area contributed by atoms with E-state index in [1.54, 1.807) is 0 Å². The molecule has 27 heavy (non-hydrogen) atoms. The summed E-state index contributed by atoms with van der Waals surface area (Å²) in [7, 11) is 0. The number of hydrogen-bond acceptors (Lipinski definition) is 5. The Morgan fingerprint density at radius 1 is 1.33 bits per heavy atom. The van der Waals surface area contributed by atoms with Gasteiger partial charge in [-0.1, -0.05) is 0 Å². The molecular weight excluding hydrogens is 338 g/mol. The Morgan fingerprint density at radius 3 is 3.00 bits per heavy atom. The predicted molar refractivity (Wildman–Crippen MR) is 109 cm³/mol. The first-order valence-corrected chi connectivity index (χ1v) is 10.1. The summed E-state index contributed by atoms with van der Waals surface area (Å²) in [4.78, 5) is 4.71. The molecule has 0 bridgehead atoms. The van der Waals surface area contributed by atoms with Crippen LogP contribution in [0.25, 0.3) is 16.6 Å². The van der Waals surface area contributed by atoms with Gasteiger partial charge < -0.3 is 25.3 Å². The number of nitrogens with one attached hydrogen (secondary N) is 3. The molecule has 2 aromatic heterocycles. The highest BCUT2D eigenvalue weighted by atomic mass is 16.5. The molecule has 0 aliphatic carbocycles. The lowest BCUT2D eigenvalue weighted by Crippen LogP contribution is -2.31. The van der Waals surface area contributed by atoms with Crippen LogP contribution in [0.5, 0.6) is 0 Å². The number of rotatable bonds is 6. The summed E-state index contributed by atoms with van der Waals surface area (Å²) in [5.74, 6) is 0.722. The van der Waals surface area contributed by atoms with Crippen molar-refractivity contribution in [2.45, 2.75) is 44.9 Å². The zero-order valence-corrected chi connectivity index (χ0v) is 15.8. The van der Waals surface area contributed by atoms with Crippen molar-refractivity contribution in [3.63, 3.8) is 0 Å². The molecule has 4 heterocycles. The fourth-order valence-electron chi connectivity index (χ4n) is 3.99. The van der Waals surface area contributed by atoms with E-state index in [9.17, 15) is 0 Å².